The Hall–Kier alpha value is -1.35. The van der Waals surface area contributed by atoms with Gasteiger partial charge < -0.3 is 4.74 Å². The van der Waals surface area contributed by atoms with Gasteiger partial charge in [-0.05, 0) is 25.1 Å². The number of pyridine rings is 1. The van der Waals surface area contributed by atoms with Crippen LogP contribution in [0, 0.1) is 6.92 Å². The molecule has 3 heteroatoms. The zero-order valence-corrected chi connectivity index (χ0v) is 11.5. The number of hydrogen-bond acceptors (Lipinski definition) is 2. The van der Waals surface area contributed by atoms with E-state index in [2.05, 4.69) is 46.0 Å². The van der Waals surface area contributed by atoms with Crippen molar-refractivity contribution < 1.29 is 4.74 Å². The molecule has 0 radical (unpaired) electrons. The van der Waals surface area contributed by atoms with E-state index in [9.17, 15) is 0 Å². The Balaban J connectivity index is 2.56. The molecule has 0 aliphatic rings. The number of ether oxygens (including phenoxy) is 1. The van der Waals surface area contributed by atoms with Gasteiger partial charge in [0.1, 0.15) is 11.4 Å². The van der Waals surface area contributed by atoms with Gasteiger partial charge in [-0.15, -0.1) is 0 Å². The van der Waals surface area contributed by atoms with Gasteiger partial charge in [0, 0.05) is 10.9 Å². The zero-order chi connectivity index (χ0) is 12.3. The average molecular weight is 292 g/mol. The normalized spacial score (nSPS) is 10.3. The fourth-order valence-electron chi connectivity index (χ4n) is 1.73. The van der Waals surface area contributed by atoms with E-state index in [1.165, 1.54) is 5.56 Å². The van der Waals surface area contributed by atoms with Gasteiger partial charge in [-0.3, -0.25) is 0 Å². The van der Waals surface area contributed by atoms with E-state index < -0.39 is 0 Å². The lowest BCUT2D eigenvalue weighted by molar-refractivity contribution is 0.414. The number of aromatic nitrogens is 1. The molecule has 1 aromatic carbocycles. The molecule has 0 amide bonds. The van der Waals surface area contributed by atoms with Gasteiger partial charge in [-0.1, -0.05) is 39.7 Å². The zero-order valence-electron chi connectivity index (χ0n) is 9.90. The molecule has 2 nitrogen and oxygen atoms in total. The van der Waals surface area contributed by atoms with Crippen LogP contribution in [0.3, 0.4) is 0 Å². The molecule has 0 unspecified atom stereocenters. The fraction of sp³-hybridized carbons (Fsp3) is 0.214. The topological polar surface area (TPSA) is 22.1 Å². The number of methoxy groups -OCH3 is 1. The Morgan fingerprint density at radius 1 is 1.24 bits per heavy atom. The Morgan fingerprint density at radius 2 is 2.06 bits per heavy atom. The number of aryl methyl sites for hydroxylation is 1. The quantitative estimate of drug-likeness (QED) is 0.799. The Kier molecular flexibility index (Phi) is 3.79. The molecule has 0 bridgehead atoms. The van der Waals surface area contributed by atoms with Crippen molar-refractivity contribution in [3.05, 3.63) is 47.7 Å². The SMILES string of the molecule is COc1ccc(CBr)nc1-c1cccc(C)c1. The lowest BCUT2D eigenvalue weighted by Crippen LogP contribution is -1.94. The number of alkyl halides is 1. The first-order valence-corrected chi connectivity index (χ1v) is 6.53. The molecule has 0 saturated carbocycles. The molecule has 0 aliphatic heterocycles. The van der Waals surface area contributed by atoms with Gasteiger partial charge in [0.15, 0.2) is 0 Å². The smallest absolute Gasteiger partial charge is 0.145 e. The minimum atomic E-state index is 0.746. The highest BCUT2D eigenvalue weighted by Crippen LogP contribution is 2.29. The highest BCUT2D eigenvalue weighted by atomic mass is 79.9. The van der Waals surface area contributed by atoms with Gasteiger partial charge in [0.2, 0.25) is 0 Å². The van der Waals surface area contributed by atoms with Crippen molar-refractivity contribution in [1.29, 1.82) is 0 Å². The molecule has 1 heterocycles. The van der Waals surface area contributed by atoms with Crippen molar-refractivity contribution in [1.82, 2.24) is 4.98 Å². The number of benzene rings is 1. The van der Waals surface area contributed by atoms with Crippen LogP contribution in [-0.4, -0.2) is 12.1 Å². The molecule has 0 fully saturated rings. The van der Waals surface area contributed by atoms with Crippen molar-refractivity contribution in [2.75, 3.05) is 7.11 Å². The van der Waals surface area contributed by atoms with E-state index in [4.69, 9.17) is 4.74 Å². The second-order valence-electron chi connectivity index (χ2n) is 3.86. The molecule has 88 valence electrons. The molecule has 2 rings (SSSR count). The lowest BCUT2D eigenvalue weighted by atomic mass is 10.1. The molecular formula is C14H14BrNO. The van der Waals surface area contributed by atoms with E-state index in [0.29, 0.717) is 0 Å². The molecule has 0 aliphatic carbocycles. The summed E-state index contributed by atoms with van der Waals surface area (Å²) in [7, 11) is 1.67. The lowest BCUT2D eigenvalue weighted by Gasteiger charge is -2.09. The van der Waals surface area contributed by atoms with Crippen molar-refractivity contribution in [2.24, 2.45) is 0 Å². The van der Waals surface area contributed by atoms with Crippen LogP contribution < -0.4 is 4.74 Å². The summed E-state index contributed by atoms with van der Waals surface area (Å²) in [6, 6.07) is 12.2. The van der Waals surface area contributed by atoms with Crippen molar-refractivity contribution in [2.45, 2.75) is 12.3 Å². The van der Waals surface area contributed by atoms with Gasteiger partial charge >= 0.3 is 0 Å². The van der Waals surface area contributed by atoms with Crippen LogP contribution in [0.25, 0.3) is 11.3 Å². The van der Waals surface area contributed by atoms with E-state index in [0.717, 1.165) is 28.0 Å². The minimum absolute atomic E-state index is 0.746. The van der Waals surface area contributed by atoms with Crippen LogP contribution in [0.5, 0.6) is 5.75 Å². The van der Waals surface area contributed by atoms with Gasteiger partial charge in [0.25, 0.3) is 0 Å². The largest absolute Gasteiger partial charge is 0.494 e. The molecule has 0 N–H and O–H groups in total. The third-order valence-electron chi connectivity index (χ3n) is 2.56. The van der Waals surface area contributed by atoms with E-state index in [1.54, 1.807) is 7.11 Å². The summed E-state index contributed by atoms with van der Waals surface area (Å²) in [4.78, 5) is 4.60. The van der Waals surface area contributed by atoms with E-state index in [-0.39, 0.29) is 0 Å². The van der Waals surface area contributed by atoms with Gasteiger partial charge in [0.05, 0.1) is 12.8 Å². The fourth-order valence-corrected chi connectivity index (χ4v) is 2.04. The van der Waals surface area contributed by atoms with Crippen molar-refractivity contribution in [3.63, 3.8) is 0 Å². The molecule has 0 atom stereocenters. The van der Waals surface area contributed by atoms with E-state index in [1.807, 2.05) is 18.2 Å². The number of nitrogens with zero attached hydrogens (tertiary/aromatic N) is 1. The summed E-state index contributed by atoms with van der Waals surface area (Å²) < 4.78 is 5.36. The van der Waals surface area contributed by atoms with Crippen LogP contribution >= 0.6 is 15.9 Å². The molecular weight excluding hydrogens is 278 g/mol. The van der Waals surface area contributed by atoms with Crippen LogP contribution in [0.2, 0.25) is 0 Å². The van der Waals surface area contributed by atoms with Crippen LogP contribution in [0.15, 0.2) is 36.4 Å². The third kappa shape index (κ3) is 2.67. The summed E-state index contributed by atoms with van der Waals surface area (Å²) in [6.07, 6.45) is 0. The summed E-state index contributed by atoms with van der Waals surface area (Å²) in [5, 5.41) is 0.746. The van der Waals surface area contributed by atoms with Crippen LogP contribution in [0.1, 0.15) is 11.3 Å². The summed E-state index contributed by atoms with van der Waals surface area (Å²) >= 11 is 3.42. The summed E-state index contributed by atoms with van der Waals surface area (Å²) in [5.74, 6) is 0.806. The van der Waals surface area contributed by atoms with Crippen molar-refractivity contribution >= 4 is 15.9 Å². The average Bonchev–Trinajstić information content (AvgIpc) is 2.38. The maximum Gasteiger partial charge on any atom is 0.145 e. The molecule has 0 spiro atoms. The van der Waals surface area contributed by atoms with Crippen LogP contribution in [0.4, 0.5) is 0 Å². The molecule has 2 aromatic rings. The maximum atomic E-state index is 5.36. The number of rotatable bonds is 3. The summed E-state index contributed by atoms with van der Waals surface area (Å²) in [6.45, 7) is 2.07. The molecule has 0 saturated heterocycles. The summed E-state index contributed by atoms with van der Waals surface area (Å²) in [5.41, 5.74) is 4.20. The second-order valence-corrected chi connectivity index (χ2v) is 4.42. The van der Waals surface area contributed by atoms with Gasteiger partial charge in [-0.2, -0.15) is 0 Å². The second kappa shape index (κ2) is 5.32. The minimum Gasteiger partial charge on any atom is -0.494 e. The van der Waals surface area contributed by atoms with E-state index >= 15 is 0 Å². The third-order valence-corrected chi connectivity index (χ3v) is 3.14. The molecule has 1 aromatic heterocycles. The Bertz CT molecular complexity index is 525. The van der Waals surface area contributed by atoms with Crippen LogP contribution in [-0.2, 0) is 5.33 Å². The predicted molar refractivity (Wildman–Crippen MR) is 73.6 cm³/mol. The number of halogens is 1. The monoisotopic (exact) mass is 291 g/mol. The highest BCUT2D eigenvalue weighted by Gasteiger charge is 2.08. The predicted octanol–water partition coefficient (Wildman–Crippen LogP) is 3.96. The van der Waals surface area contributed by atoms with Crippen molar-refractivity contribution in [3.8, 4) is 17.0 Å². The first kappa shape index (κ1) is 12.1. The standard InChI is InChI=1S/C14H14BrNO/c1-10-4-3-5-11(8-10)14-13(17-2)7-6-12(9-15)16-14/h3-8H,9H2,1-2H3. The number of hydrogen-bond donors (Lipinski definition) is 0. The molecule has 17 heavy (non-hydrogen) atoms. The Labute approximate surface area is 110 Å². The first-order chi connectivity index (χ1) is 8.24. The first-order valence-electron chi connectivity index (χ1n) is 5.41. The highest BCUT2D eigenvalue weighted by molar-refractivity contribution is 9.08. The Morgan fingerprint density at radius 3 is 2.71 bits per heavy atom. The maximum absolute atomic E-state index is 5.36. The van der Waals surface area contributed by atoms with Gasteiger partial charge in [-0.25, -0.2) is 4.98 Å².